The molecule has 0 spiro atoms. The van der Waals surface area contributed by atoms with Gasteiger partial charge in [-0.2, -0.15) is 0 Å². The maximum Gasteiger partial charge on any atom is 0.224 e. The van der Waals surface area contributed by atoms with E-state index < -0.39 is 0 Å². The van der Waals surface area contributed by atoms with Crippen LogP contribution in [0.25, 0.3) is 10.9 Å². The molecule has 0 amide bonds. The topological polar surface area (TPSA) is 54.4 Å². The highest BCUT2D eigenvalue weighted by Crippen LogP contribution is 2.36. The van der Waals surface area contributed by atoms with Crippen LogP contribution < -0.4 is 14.5 Å². The molecule has 140 valence electrons. The Kier molecular flexibility index (Phi) is 4.93. The molecule has 3 heterocycles. The van der Waals surface area contributed by atoms with Crippen LogP contribution in [-0.4, -0.2) is 48.2 Å². The van der Waals surface area contributed by atoms with Crippen LogP contribution in [0.5, 0.6) is 5.75 Å². The summed E-state index contributed by atoms with van der Waals surface area (Å²) in [6, 6.07) is 7.87. The molecule has 0 atom stereocenters. The Morgan fingerprint density at radius 2 is 1.74 bits per heavy atom. The number of ether oxygens (including phenoxy) is 1. The van der Waals surface area contributed by atoms with Gasteiger partial charge in [-0.25, -0.2) is 9.97 Å². The molecule has 0 bridgehead atoms. The Morgan fingerprint density at radius 1 is 1.00 bits per heavy atom. The van der Waals surface area contributed by atoms with Gasteiger partial charge in [0.2, 0.25) is 5.28 Å². The van der Waals surface area contributed by atoms with Crippen LogP contribution in [-0.2, 0) is 0 Å². The summed E-state index contributed by atoms with van der Waals surface area (Å²) in [4.78, 5) is 17.6. The molecule has 0 N–H and O–H groups in total. The molecule has 2 aromatic heterocycles. The lowest BCUT2D eigenvalue weighted by molar-refractivity contribution is 0.419. The smallest absolute Gasteiger partial charge is 0.224 e. The molecule has 27 heavy (non-hydrogen) atoms. The van der Waals surface area contributed by atoms with E-state index in [1.165, 1.54) is 0 Å². The number of fused-ring (bicyclic) bond motifs is 1. The predicted octanol–water partition coefficient (Wildman–Crippen LogP) is 3.98. The lowest BCUT2D eigenvalue weighted by Gasteiger charge is -2.37. The van der Waals surface area contributed by atoms with Crippen molar-refractivity contribution in [1.29, 1.82) is 0 Å². The van der Waals surface area contributed by atoms with Crippen LogP contribution in [0.15, 0.2) is 30.5 Å². The molecule has 1 aliphatic rings. The average Bonchev–Trinajstić information content (AvgIpc) is 2.67. The van der Waals surface area contributed by atoms with Gasteiger partial charge in [-0.3, -0.25) is 4.98 Å². The van der Waals surface area contributed by atoms with E-state index in [4.69, 9.17) is 27.9 Å². The molecule has 0 saturated carbocycles. The van der Waals surface area contributed by atoms with Gasteiger partial charge in [-0.1, -0.05) is 11.6 Å². The SMILES string of the molecule is COc1c(Cl)ccc2c(N3CCN(c4cc(C)nc(Cl)n4)CC3)ccnc12. The summed E-state index contributed by atoms with van der Waals surface area (Å²) in [5, 5.41) is 1.89. The summed E-state index contributed by atoms with van der Waals surface area (Å²) in [5.74, 6) is 1.49. The number of piperazine rings is 1. The van der Waals surface area contributed by atoms with Gasteiger partial charge in [0.15, 0.2) is 5.75 Å². The first-order valence-electron chi connectivity index (χ1n) is 8.69. The lowest BCUT2D eigenvalue weighted by Crippen LogP contribution is -2.47. The molecular formula is C19H19Cl2N5O. The van der Waals surface area contributed by atoms with Crippen molar-refractivity contribution in [2.45, 2.75) is 6.92 Å². The van der Waals surface area contributed by atoms with Crippen molar-refractivity contribution in [1.82, 2.24) is 15.0 Å². The molecule has 0 unspecified atom stereocenters. The van der Waals surface area contributed by atoms with Crippen molar-refractivity contribution in [3.8, 4) is 5.75 Å². The minimum absolute atomic E-state index is 0.288. The normalized spacial score (nSPS) is 14.7. The second-order valence-corrected chi connectivity index (χ2v) is 7.16. The first kappa shape index (κ1) is 18.1. The molecule has 1 fully saturated rings. The third kappa shape index (κ3) is 3.47. The highest BCUT2D eigenvalue weighted by Gasteiger charge is 2.21. The number of anilines is 2. The van der Waals surface area contributed by atoms with E-state index >= 15 is 0 Å². The summed E-state index contributed by atoms with van der Waals surface area (Å²) >= 11 is 12.3. The third-order valence-corrected chi connectivity index (χ3v) is 5.22. The van der Waals surface area contributed by atoms with Crippen LogP contribution >= 0.6 is 23.2 Å². The quantitative estimate of drug-likeness (QED) is 0.616. The van der Waals surface area contributed by atoms with Gasteiger partial charge >= 0.3 is 0 Å². The zero-order valence-electron chi connectivity index (χ0n) is 15.1. The van der Waals surface area contributed by atoms with Gasteiger partial charge in [0.25, 0.3) is 0 Å². The molecule has 1 saturated heterocycles. The Balaban J connectivity index is 1.60. The molecule has 1 aliphatic heterocycles. The van der Waals surface area contributed by atoms with Crippen LogP contribution in [0.3, 0.4) is 0 Å². The van der Waals surface area contributed by atoms with Crippen molar-refractivity contribution in [3.05, 3.63) is 46.5 Å². The Bertz CT molecular complexity index is 969. The molecule has 3 aromatic rings. The standard InChI is InChI=1S/C19H19Cl2N5O/c1-12-11-16(24-19(21)23-12)26-9-7-25(8-10-26)15-5-6-22-17-13(15)3-4-14(20)18(17)27-2/h3-6,11H,7-10H2,1-2H3. The fourth-order valence-electron chi connectivity index (χ4n) is 3.48. The van der Waals surface area contributed by atoms with E-state index in [0.29, 0.717) is 10.8 Å². The zero-order chi connectivity index (χ0) is 19.0. The molecule has 4 rings (SSSR count). The number of rotatable bonds is 3. The largest absolute Gasteiger partial charge is 0.493 e. The van der Waals surface area contributed by atoms with Gasteiger partial charge in [0.1, 0.15) is 11.3 Å². The summed E-state index contributed by atoms with van der Waals surface area (Å²) < 4.78 is 5.45. The number of nitrogens with zero attached hydrogens (tertiary/aromatic N) is 5. The van der Waals surface area contributed by atoms with Gasteiger partial charge in [0.05, 0.1) is 12.1 Å². The van der Waals surface area contributed by atoms with Crippen LogP contribution in [0, 0.1) is 6.92 Å². The number of halogens is 2. The first-order chi connectivity index (χ1) is 13.1. The van der Waals surface area contributed by atoms with Gasteiger partial charge in [-0.05, 0) is 36.7 Å². The highest BCUT2D eigenvalue weighted by atomic mass is 35.5. The number of hydrogen-bond donors (Lipinski definition) is 0. The predicted molar refractivity (Wildman–Crippen MR) is 110 cm³/mol. The minimum atomic E-state index is 0.288. The zero-order valence-corrected chi connectivity index (χ0v) is 16.6. The fourth-order valence-corrected chi connectivity index (χ4v) is 3.93. The van der Waals surface area contributed by atoms with Crippen molar-refractivity contribution in [2.75, 3.05) is 43.1 Å². The van der Waals surface area contributed by atoms with Crippen LogP contribution in [0.1, 0.15) is 5.69 Å². The number of aryl methyl sites for hydroxylation is 1. The summed E-state index contributed by atoms with van der Waals surface area (Å²) in [7, 11) is 1.61. The number of aromatic nitrogens is 3. The fraction of sp³-hybridized carbons (Fsp3) is 0.316. The lowest BCUT2D eigenvalue weighted by atomic mass is 10.1. The van der Waals surface area contributed by atoms with Crippen molar-refractivity contribution >= 4 is 45.6 Å². The Morgan fingerprint density at radius 3 is 2.44 bits per heavy atom. The second kappa shape index (κ2) is 7.37. The summed E-state index contributed by atoms with van der Waals surface area (Å²) in [5.41, 5.74) is 2.78. The molecule has 0 radical (unpaired) electrons. The van der Waals surface area contributed by atoms with Crippen molar-refractivity contribution in [2.24, 2.45) is 0 Å². The maximum absolute atomic E-state index is 6.25. The van der Waals surface area contributed by atoms with Crippen LogP contribution in [0.2, 0.25) is 10.3 Å². The van der Waals surface area contributed by atoms with E-state index in [1.807, 2.05) is 31.2 Å². The van der Waals surface area contributed by atoms with Gasteiger partial charge in [0, 0.05) is 55.2 Å². The van der Waals surface area contributed by atoms with Crippen molar-refractivity contribution in [3.63, 3.8) is 0 Å². The molecular weight excluding hydrogens is 385 g/mol. The van der Waals surface area contributed by atoms with Crippen molar-refractivity contribution < 1.29 is 4.74 Å². The molecule has 0 aliphatic carbocycles. The van der Waals surface area contributed by atoms with Gasteiger partial charge in [-0.15, -0.1) is 0 Å². The number of hydrogen-bond acceptors (Lipinski definition) is 6. The molecule has 8 heteroatoms. The van der Waals surface area contributed by atoms with E-state index in [-0.39, 0.29) is 5.28 Å². The number of methoxy groups -OCH3 is 1. The summed E-state index contributed by atoms with van der Waals surface area (Å²) in [6.45, 7) is 5.35. The second-order valence-electron chi connectivity index (χ2n) is 6.42. The molecule has 6 nitrogen and oxygen atoms in total. The Hall–Kier alpha value is -2.31. The minimum Gasteiger partial charge on any atom is -0.493 e. The van der Waals surface area contributed by atoms with E-state index in [9.17, 15) is 0 Å². The maximum atomic E-state index is 6.25. The molecule has 1 aromatic carbocycles. The summed E-state index contributed by atoms with van der Waals surface area (Å²) in [6.07, 6.45) is 1.80. The van der Waals surface area contributed by atoms with Crippen LogP contribution in [0.4, 0.5) is 11.5 Å². The number of benzene rings is 1. The third-order valence-electron chi connectivity index (χ3n) is 4.76. The Labute approximate surface area is 167 Å². The van der Waals surface area contributed by atoms with E-state index in [2.05, 4.69) is 24.8 Å². The van der Waals surface area contributed by atoms with E-state index in [1.54, 1.807) is 13.3 Å². The average molecular weight is 404 g/mol. The van der Waals surface area contributed by atoms with E-state index in [0.717, 1.165) is 54.3 Å². The first-order valence-corrected chi connectivity index (χ1v) is 9.44. The number of pyridine rings is 1. The monoisotopic (exact) mass is 403 g/mol. The highest BCUT2D eigenvalue weighted by molar-refractivity contribution is 6.33. The van der Waals surface area contributed by atoms with Gasteiger partial charge < -0.3 is 14.5 Å².